The van der Waals surface area contributed by atoms with Gasteiger partial charge >= 0.3 is 0 Å². The number of carbonyl (C=O) groups excluding carboxylic acids is 1. The first kappa shape index (κ1) is 19.8. The van der Waals surface area contributed by atoms with E-state index in [1.54, 1.807) is 0 Å². The van der Waals surface area contributed by atoms with Crippen LogP contribution in [0.4, 0.5) is 0 Å². The summed E-state index contributed by atoms with van der Waals surface area (Å²) >= 11 is 1.50. The van der Waals surface area contributed by atoms with Gasteiger partial charge in [-0.25, -0.2) is 15.0 Å². The SMILES string of the molecule is CSc1ncc(Cc2cc(C(=O)N[C@H]3CCCC[C@@H]3O)nc3ccccc23)cn1. The van der Waals surface area contributed by atoms with Crippen molar-refractivity contribution >= 4 is 28.6 Å². The number of amides is 1. The molecule has 0 spiro atoms. The van der Waals surface area contributed by atoms with Gasteiger partial charge in [-0.1, -0.05) is 42.8 Å². The summed E-state index contributed by atoms with van der Waals surface area (Å²) in [7, 11) is 0. The van der Waals surface area contributed by atoms with Crippen molar-refractivity contribution < 1.29 is 9.90 Å². The van der Waals surface area contributed by atoms with Gasteiger partial charge in [-0.15, -0.1) is 0 Å². The molecule has 2 aromatic heterocycles. The van der Waals surface area contributed by atoms with Gasteiger partial charge in [-0.05, 0) is 42.4 Å². The lowest BCUT2D eigenvalue weighted by Crippen LogP contribution is -2.45. The van der Waals surface area contributed by atoms with Crippen LogP contribution in [0.15, 0.2) is 47.9 Å². The third kappa shape index (κ3) is 4.57. The van der Waals surface area contributed by atoms with Crippen LogP contribution < -0.4 is 5.32 Å². The van der Waals surface area contributed by atoms with Gasteiger partial charge in [-0.2, -0.15) is 0 Å². The van der Waals surface area contributed by atoms with Crippen molar-refractivity contribution in [3.63, 3.8) is 0 Å². The zero-order valence-electron chi connectivity index (χ0n) is 16.3. The van der Waals surface area contributed by atoms with Crippen LogP contribution in [-0.2, 0) is 6.42 Å². The molecule has 2 N–H and O–H groups in total. The molecule has 2 atom stereocenters. The topological polar surface area (TPSA) is 88.0 Å². The maximum atomic E-state index is 12.9. The van der Waals surface area contributed by atoms with Gasteiger partial charge in [0.25, 0.3) is 5.91 Å². The number of fused-ring (bicyclic) bond motifs is 1. The van der Waals surface area contributed by atoms with E-state index in [2.05, 4.69) is 20.3 Å². The molecule has 0 unspecified atom stereocenters. The molecule has 3 aromatic rings. The minimum absolute atomic E-state index is 0.208. The normalized spacial score (nSPS) is 19.2. The van der Waals surface area contributed by atoms with E-state index in [1.165, 1.54) is 11.8 Å². The average Bonchev–Trinajstić information content (AvgIpc) is 2.76. The summed E-state index contributed by atoms with van der Waals surface area (Å²) in [6.45, 7) is 0. The van der Waals surface area contributed by atoms with Crippen LogP contribution in [0.2, 0.25) is 0 Å². The highest BCUT2D eigenvalue weighted by atomic mass is 32.2. The molecular weight excluding hydrogens is 384 g/mol. The molecule has 29 heavy (non-hydrogen) atoms. The third-order valence-electron chi connectivity index (χ3n) is 5.34. The van der Waals surface area contributed by atoms with Crippen LogP contribution >= 0.6 is 11.8 Å². The van der Waals surface area contributed by atoms with Gasteiger partial charge < -0.3 is 10.4 Å². The molecule has 7 heteroatoms. The Morgan fingerprint density at radius 1 is 1.21 bits per heavy atom. The minimum atomic E-state index is -0.486. The molecule has 4 rings (SSSR count). The molecule has 1 fully saturated rings. The third-order valence-corrected chi connectivity index (χ3v) is 5.92. The number of nitrogens with zero attached hydrogens (tertiary/aromatic N) is 3. The van der Waals surface area contributed by atoms with E-state index in [-0.39, 0.29) is 11.9 Å². The maximum Gasteiger partial charge on any atom is 0.270 e. The Bertz CT molecular complexity index is 1010. The number of rotatable bonds is 5. The number of benzene rings is 1. The fraction of sp³-hybridized carbons (Fsp3) is 0.364. The Kier molecular flexibility index (Phi) is 6.06. The predicted octanol–water partition coefficient (Wildman–Crippen LogP) is 3.37. The molecule has 0 bridgehead atoms. The van der Waals surface area contributed by atoms with Gasteiger partial charge in [0.2, 0.25) is 0 Å². The quantitative estimate of drug-likeness (QED) is 0.497. The van der Waals surface area contributed by atoms with Crippen molar-refractivity contribution in [2.75, 3.05) is 6.26 Å². The summed E-state index contributed by atoms with van der Waals surface area (Å²) in [5.41, 5.74) is 3.14. The monoisotopic (exact) mass is 408 g/mol. The Morgan fingerprint density at radius 2 is 1.97 bits per heavy atom. The molecule has 150 valence electrons. The first-order chi connectivity index (χ1) is 14.1. The first-order valence-corrected chi connectivity index (χ1v) is 11.1. The van der Waals surface area contributed by atoms with E-state index in [9.17, 15) is 9.90 Å². The van der Waals surface area contributed by atoms with Crippen LogP contribution in [0, 0.1) is 0 Å². The van der Waals surface area contributed by atoms with Crippen molar-refractivity contribution in [1.29, 1.82) is 0 Å². The maximum absolute atomic E-state index is 12.9. The number of aliphatic hydroxyl groups is 1. The average molecular weight is 409 g/mol. The Hall–Kier alpha value is -2.51. The number of aromatic nitrogens is 3. The summed E-state index contributed by atoms with van der Waals surface area (Å²) in [6, 6.07) is 9.45. The van der Waals surface area contributed by atoms with Gasteiger partial charge in [0.1, 0.15) is 5.69 Å². The number of aliphatic hydroxyl groups excluding tert-OH is 1. The Labute approximate surface area is 174 Å². The molecule has 0 saturated heterocycles. The predicted molar refractivity (Wildman–Crippen MR) is 114 cm³/mol. The second-order valence-electron chi connectivity index (χ2n) is 7.37. The van der Waals surface area contributed by atoms with Crippen molar-refractivity contribution in [3.8, 4) is 0 Å². The van der Waals surface area contributed by atoms with Gasteiger partial charge in [-0.3, -0.25) is 4.79 Å². The van der Waals surface area contributed by atoms with Crippen molar-refractivity contribution in [1.82, 2.24) is 20.3 Å². The lowest BCUT2D eigenvalue weighted by atomic mass is 9.92. The lowest BCUT2D eigenvalue weighted by molar-refractivity contribution is 0.0714. The highest BCUT2D eigenvalue weighted by Crippen LogP contribution is 2.23. The lowest BCUT2D eigenvalue weighted by Gasteiger charge is -2.28. The van der Waals surface area contributed by atoms with Gasteiger partial charge in [0.05, 0.1) is 17.7 Å². The minimum Gasteiger partial charge on any atom is -0.391 e. The van der Waals surface area contributed by atoms with Crippen molar-refractivity contribution in [2.24, 2.45) is 0 Å². The largest absolute Gasteiger partial charge is 0.391 e. The summed E-state index contributed by atoms with van der Waals surface area (Å²) in [4.78, 5) is 26.1. The van der Waals surface area contributed by atoms with E-state index in [1.807, 2.05) is 49.0 Å². The number of pyridine rings is 1. The number of hydrogen-bond donors (Lipinski definition) is 2. The Balaban J connectivity index is 1.63. The molecule has 6 nitrogen and oxygen atoms in total. The molecule has 2 heterocycles. The molecule has 1 aliphatic carbocycles. The first-order valence-electron chi connectivity index (χ1n) is 9.86. The van der Waals surface area contributed by atoms with E-state index in [4.69, 9.17) is 0 Å². The molecule has 1 aromatic carbocycles. The van der Waals surface area contributed by atoms with Crippen LogP contribution in [0.25, 0.3) is 10.9 Å². The fourth-order valence-corrected chi connectivity index (χ4v) is 4.11. The zero-order valence-corrected chi connectivity index (χ0v) is 17.2. The number of carbonyl (C=O) groups is 1. The van der Waals surface area contributed by atoms with Crippen LogP contribution in [0.5, 0.6) is 0 Å². The van der Waals surface area contributed by atoms with E-state index in [0.717, 1.165) is 52.9 Å². The van der Waals surface area contributed by atoms with E-state index >= 15 is 0 Å². The molecule has 0 radical (unpaired) electrons. The molecule has 0 aliphatic heterocycles. The number of nitrogens with one attached hydrogen (secondary N) is 1. The summed E-state index contributed by atoms with van der Waals surface area (Å²) in [5.74, 6) is -0.239. The zero-order chi connectivity index (χ0) is 20.2. The molecule has 1 saturated carbocycles. The molecule has 1 amide bonds. The van der Waals surface area contributed by atoms with E-state index < -0.39 is 6.10 Å². The number of thioether (sulfide) groups is 1. The van der Waals surface area contributed by atoms with Crippen LogP contribution in [0.3, 0.4) is 0 Å². The second-order valence-corrected chi connectivity index (χ2v) is 8.14. The fourth-order valence-electron chi connectivity index (χ4n) is 3.79. The molecular formula is C22H24N4O2S. The highest BCUT2D eigenvalue weighted by Gasteiger charge is 2.25. The van der Waals surface area contributed by atoms with Crippen LogP contribution in [-0.4, -0.2) is 44.4 Å². The number of hydrogen-bond acceptors (Lipinski definition) is 6. The summed E-state index contributed by atoms with van der Waals surface area (Å²) in [5, 5.41) is 14.9. The van der Waals surface area contributed by atoms with Crippen LogP contribution in [0.1, 0.15) is 47.3 Å². The standard InChI is InChI=1S/C22H24N4O2S/c1-29-22-23-12-14(13-24-22)10-15-11-19(25-17-7-3-2-6-16(15)17)21(28)26-18-8-4-5-9-20(18)27/h2-3,6-7,11-13,18,20,27H,4-5,8-10H2,1H3,(H,26,28)/t18-,20-/m0/s1. The smallest absolute Gasteiger partial charge is 0.270 e. The van der Waals surface area contributed by atoms with Gasteiger partial charge in [0, 0.05) is 24.2 Å². The second kappa shape index (κ2) is 8.88. The summed E-state index contributed by atoms with van der Waals surface area (Å²) in [6.07, 6.45) is 9.27. The number of para-hydroxylation sites is 1. The van der Waals surface area contributed by atoms with Gasteiger partial charge in [0.15, 0.2) is 5.16 Å². The van der Waals surface area contributed by atoms with E-state index in [0.29, 0.717) is 12.1 Å². The summed E-state index contributed by atoms with van der Waals surface area (Å²) < 4.78 is 0. The Morgan fingerprint density at radius 3 is 2.72 bits per heavy atom. The van der Waals surface area contributed by atoms with Crippen molar-refractivity contribution in [2.45, 2.75) is 49.4 Å². The highest BCUT2D eigenvalue weighted by molar-refractivity contribution is 7.98. The molecule has 1 aliphatic rings. The van der Waals surface area contributed by atoms with Crippen molar-refractivity contribution in [3.05, 3.63) is 59.5 Å².